The van der Waals surface area contributed by atoms with E-state index in [9.17, 15) is 0 Å². The van der Waals surface area contributed by atoms with E-state index in [4.69, 9.17) is 15.5 Å². The molecule has 1 aromatic heterocycles. The molecule has 0 bridgehead atoms. The van der Waals surface area contributed by atoms with Crippen molar-refractivity contribution in [2.45, 2.75) is 37.1 Å². The Morgan fingerprint density at radius 3 is 2.87 bits per heavy atom. The van der Waals surface area contributed by atoms with Crippen LogP contribution in [-0.4, -0.2) is 18.2 Å². The molecule has 1 aromatic rings. The first kappa shape index (κ1) is 9.75. The molecule has 0 radical (unpaired) electrons. The fourth-order valence-corrected chi connectivity index (χ4v) is 3.11. The van der Waals surface area contributed by atoms with E-state index in [1.807, 2.05) is 0 Å². The minimum atomic E-state index is -0.319. The van der Waals surface area contributed by atoms with Crippen LogP contribution in [0.3, 0.4) is 0 Å². The molecule has 1 unspecified atom stereocenters. The number of nitrogens with two attached hydrogens (primary N) is 1. The summed E-state index contributed by atoms with van der Waals surface area (Å²) in [5.74, 6) is 0. The second-order valence-corrected chi connectivity index (χ2v) is 5.92. The fourth-order valence-electron chi connectivity index (χ4n) is 1.96. The van der Waals surface area contributed by atoms with Crippen molar-refractivity contribution in [3.8, 4) is 0 Å². The molecule has 15 heavy (non-hydrogen) atoms. The number of nitrogens with zero attached hydrogens (tertiary/aromatic N) is 1. The van der Waals surface area contributed by atoms with E-state index in [1.54, 1.807) is 11.3 Å². The van der Waals surface area contributed by atoms with Gasteiger partial charge in [0.05, 0.1) is 22.8 Å². The maximum Gasteiger partial charge on any atom is 0.0988 e. The first-order valence-electron chi connectivity index (χ1n) is 5.46. The SMILES string of the molecule is CC1(c2nc(C3(N)CCOC3)cs2)CC1. The van der Waals surface area contributed by atoms with Gasteiger partial charge in [-0.05, 0) is 19.3 Å². The monoisotopic (exact) mass is 224 g/mol. The Labute approximate surface area is 93.7 Å². The number of hydrogen-bond acceptors (Lipinski definition) is 4. The Balaban J connectivity index is 1.90. The van der Waals surface area contributed by atoms with Crippen LogP contribution in [0.25, 0.3) is 0 Å². The van der Waals surface area contributed by atoms with Crippen molar-refractivity contribution < 1.29 is 4.74 Å². The zero-order valence-corrected chi connectivity index (χ0v) is 9.77. The molecule has 82 valence electrons. The lowest BCUT2D eigenvalue weighted by Gasteiger charge is -2.18. The highest BCUT2D eigenvalue weighted by Gasteiger charge is 2.43. The summed E-state index contributed by atoms with van der Waals surface area (Å²) in [6.45, 7) is 3.66. The summed E-state index contributed by atoms with van der Waals surface area (Å²) >= 11 is 1.76. The lowest BCUT2D eigenvalue weighted by atomic mass is 9.97. The van der Waals surface area contributed by atoms with Gasteiger partial charge in [0.2, 0.25) is 0 Å². The van der Waals surface area contributed by atoms with Gasteiger partial charge in [-0.15, -0.1) is 11.3 Å². The molecule has 0 amide bonds. The maximum absolute atomic E-state index is 6.28. The molecule has 2 heterocycles. The lowest BCUT2D eigenvalue weighted by Crippen LogP contribution is -2.37. The molecule has 1 atom stereocenters. The summed E-state index contributed by atoms with van der Waals surface area (Å²) in [6.07, 6.45) is 3.44. The first-order chi connectivity index (χ1) is 7.12. The number of aromatic nitrogens is 1. The second kappa shape index (κ2) is 3.03. The number of hydrogen-bond donors (Lipinski definition) is 1. The Morgan fingerprint density at radius 2 is 2.27 bits per heavy atom. The fraction of sp³-hybridized carbons (Fsp3) is 0.727. The molecule has 1 aliphatic carbocycles. The average Bonchev–Trinajstić information content (AvgIpc) is 2.74. The van der Waals surface area contributed by atoms with Gasteiger partial charge in [-0.1, -0.05) is 6.92 Å². The van der Waals surface area contributed by atoms with Crippen LogP contribution in [0.15, 0.2) is 5.38 Å². The van der Waals surface area contributed by atoms with E-state index < -0.39 is 0 Å². The van der Waals surface area contributed by atoms with Gasteiger partial charge < -0.3 is 10.5 Å². The van der Waals surface area contributed by atoms with Crippen molar-refractivity contribution in [2.75, 3.05) is 13.2 Å². The van der Waals surface area contributed by atoms with Gasteiger partial charge in [-0.2, -0.15) is 0 Å². The zero-order chi connectivity index (χ0) is 10.5. The van der Waals surface area contributed by atoms with Crippen molar-refractivity contribution in [2.24, 2.45) is 5.73 Å². The Kier molecular flexibility index (Phi) is 1.97. The molecule has 2 N–H and O–H groups in total. The van der Waals surface area contributed by atoms with Crippen molar-refractivity contribution in [1.82, 2.24) is 4.98 Å². The third-order valence-corrected chi connectivity index (χ3v) is 4.73. The minimum absolute atomic E-state index is 0.319. The lowest BCUT2D eigenvalue weighted by molar-refractivity contribution is 0.177. The van der Waals surface area contributed by atoms with Gasteiger partial charge in [0.25, 0.3) is 0 Å². The average molecular weight is 224 g/mol. The topological polar surface area (TPSA) is 48.1 Å². The number of rotatable bonds is 2. The smallest absolute Gasteiger partial charge is 0.0988 e. The predicted octanol–water partition coefficient (Wildman–Crippen LogP) is 1.77. The van der Waals surface area contributed by atoms with E-state index in [0.717, 1.165) is 18.7 Å². The van der Waals surface area contributed by atoms with Gasteiger partial charge in [-0.3, -0.25) is 0 Å². The molecule has 2 fully saturated rings. The minimum Gasteiger partial charge on any atom is -0.379 e. The quantitative estimate of drug-likeness (QED) is 0.833. The van der Waals surface area contributed by atoms with Crippen LogP contribution in [0.2, 0.25) is 0 Å². The van der Waals surface area contributed by atoms with Crippen molar-refractivity contribution in [1.29, 1.82) is 0 Å². The molecule has 1 saturated carbocycles. The molecular weight excluding hydrogens is 208 g/mol. The van der Waals surface area contributed by atoms with Crippen LogP contribution < -0.4 is 5.73 Å². The van der Waals surface area contributed by atoms with Gasteiger partial charge in [-0.25, -0.2) is 4.98 Å². The largest absolute Gasteiger partial charge is 0.379 e. The highest BCUT2D eigenvalue weighted by molar-refractivity contribution is 7.09. The molecule has 3 nitrogen and oxygen atoms in total. The predicted molar refractivity (Wildman–Crippen MR) is 60.0 cm³/mol. The zero-order valence-electron chi connectivity index (χ0n) is 8.95. The summed E-state index contributed by atoms with van der Waals surface area (Å²) in [6, 6.07) is 0. The summed E-state index contributed by atoms with van der Waals surface area (Å²) in [5, 5.41) is 3.38. The van der Waals surface area contributed by atoms with Crippen LogP contribution in [0.4, 0.5) is 0 Å². The van der Waals surface area contributed by atoms with Crippen LogP contribution in [0.5, 0.6) is 0 Å². The van der Waals surface area contributed by atoms with Crippen molar-refractivity contribution in [3.63, 3.8) is 0 Å². The van der Waals surface area contributed by atoms with Crippen LogP contribution >= 0.6 is 11.3 Å². The Hall–Kier alpha value is -0.450. The third kappa shape index (κ3) is 1.51. The van der Waals surface area contributed by atoms with Crippen LogP contribution in [-0.2, 0) is 15.7 Å². The molecule has 0 spiro atoms. The van der Waals surface area contributed by atoms with Gasteiger partial charge >= 0.3 is 0 Å². The van der Waals surface area contributed by atoms with E-state index in [0.29, 0.717) is 12.0 Å². The molecule has 1 saturated heterocycles. The van der Waals surface area contributed by atoms with Gasteiger partial charge in [0, 0.05) is 17.4 Å². The molecule has 1 aliphatic heterocycles. The van der Waals surface area contributed by atoms with E-state index >= 15 is 0 Å². The second-order valence-electron chi connectivity index (χ2n) is 5.06. The highest BCUT2D eigenvalue weighted by Crippen LogP contribution is 2.49. The van der Waals surface area contributed by atoms with E-state index in [1.165, 1.54) is 17.8 Å². The van der Waals surface area contributed by atoms with Crippen molar-refractivity contribution in [3.05, 3.63) is 16.1 Å². The van der Waals surface area contributed by atoms with Crippen LogP contribution in [0, 0.1) is 0 Å². The normalized spacial score (nSPS) is 33.2. The standard InChI is InChI=1S/C11H16N2OS/c1-10(2-3-10)9-13-8(6-15-9)11(12)4-5-14-7-11/h6H,2-5,7,12H2,1H3. The summed E-state index contributed by atoms with van der Waals surface area (Å²) in [7, 11) is 0. The van der Waals surface area contributed by atoms with Gasteiger partial charge in [0.15, 0.2) is 0 Å². The van der Waals surface area contributed by atoms with Crippen molar-refractivity contribution >= 4 is 11.3 Å². The third-order valence-electron chi connectivity index (χ3n) is 3.58. The van der Waals surface area contributed by atoms with Crippen LogP contribution in [0.1, 0.15) is 36.9 Å². The van der Waals surface area contributed by atoms with E-state index in [-0.39, 0.29) is 5.54 Å². The Bertz CT molecular complexity index is 378. The molecule has 4 heteroatoms. The first-order valence-corrected chi connectivity index (χ1v) is 6.34. The molecule has 3 rings (SSSR count). The van der Waals surface area contributed by atoms with E-state index in [2.05, 4.69) is 12.3 Å². The molecule has 0 aromatic carbocycles. The summed E-state index contributed by atoms with van der Waals surface area (Å²) < 4.78 is 5.36. The highest BCUT2D eigenvalue weighted by atomic mass is 32.1. The van der Waals surface area contributed by atoms with Gasteiger partial charge in [0.1, 0.15) is 0 Å². The maximum atomic E-state index is 6.28. The number of ether oxygens (including phenoxy) is 1. The summed E-state index contributed by atoms with van der Waals surface area (Å²) in [5.41, 5.74) is 7.35. The molecule has 2 aliphatic rings. The number of thiazole rings is 1. The summed E-state index contributed by atoms with van der Waals surface area (Å²) in [4.78, 5) is 4.71. The Morgan fingerprint density at radius 1 is 1.47 bits per heavy atom. The molecular formula is C11H16N2OS.